The molecule has 1 aromatic heterocycles. The van der Waals surface area contributed by atoms with Crippen molar-refractivity contribution in [3.05, 3.63) is 21.9 Å². The Kier molecular flexibility index (Phi) is 5.93. The van der Waals surface area contributed by atoms with Crippen molar-refractivity contribution in [3.8, 4) is 0 Å². The Labute approximate surface area is 125 Å². The Balaban J connectivity index is 2.62. The van der Waals surface area contributed by atoms with Crippen molar-refractivity contribution >= 4 is 23.1 Å². The average Bonchev–Trinajstić information content (AvgIpc) is 2.75. The third kappa shape index (κ3) is 5.45. The monoisotopic (exact) mass is 296 g/mol. The second kappa shape index (κ2) is 7.02. The third-order valence-electron chi connectivity index (χ3n) is 2.85. The first kappa shape index (κ1) is 16.9. The number of Topliss-reactive ketones (excluding diaryl/α,β-unsaturated/α-hetero) is 1. The molecule has 0 radical (unpaired) electrons. The van der Waals surface area contributed by atoms with E-state index in [-0.39, 0.29) is 17.2 Å². The van der Waals surface area contributed by atoms with Crippen molar-refractivity contribution in [2.75, 3.05) is 6.61 Å². The molecule has 3 nitrogen and oxygen atoms in total. The van der Waals surface area contributed by atoms with Crippen LogP contribution in [-0.4, -0.2) is 18.4 Å². The van der Waals surface area contributed by atoms with Gasteiger partial charge in [-0.3, -0.25) is 4.79 Å². The van der Waals surface area contributed by atoms with Crippen LogP contribution in [0.3, 0.4) is 0 Å². The van der Waals surface area contributed by atoms with Gasteiger partial charge >= 0.3 is 5.97 Å². The molecule has 112 valence electrons. The molecule has 0 saturated heterocycles. The van der Waals surface area contributed by atoms with Gasteiger partial charge in [-0.25, -0.2) is 4.79 Å². The normalized spacial score (nSPS) is 13.1. The number of hydrogen-bond acceptors (Lipinski definition) is 4. The molecule has 1 atom stereocenters. The van der Waals surface area contributed by atoms with Crippen LogP contribution < -0.4 is 0 Å². The lowest BCUT2D eigenvalue weighted by atomic mass is 9.83. The lowest BCUT2D eigenvalue weighted by Crippen LogP contribution is -2.14. The van der Waals surface area contributed by atoms with Crippen molar-refractivity contribution < 1.29 is 14.3 Å². The molecular formula is C16H24O3S. The molecule has 0 amide bonds. The summed E-state index contributed by atoms with van der Waals surface area (Å²) in [5.41, 5.74) is 0.227. The molecular weight excluding hydrogens is 272 g/mol. The van der Waals surface area contributed by atoms with E-state index in [9.17, 15) is 9.59 Å². The van der Waals surface area contributed by atoms with Gasteiger partial charge in [-0.1, -0.05) is 27.7 Å². The number of ether oxygens (including phenoxy) is 1. The summed E-state index contributed by atoms with van der Waals surface area (Å²) < 4.78 is 4.93. The van der Waals surface area contributed by atoms with Crippen LogP contribution in [0.1, 0.15) is 66.8 Å². The predicted molar refractivity (Wildman–Crippen MR) is 82.5 cm³/mol. The zero-order chi connectivity index (χ0) is 15.3. The van der Waals surface area contributed by atoms with Crippen molar-refractivity contribution in [3.63, 3.8) is 0 Å². The van der Waals surface area contributed by atoms with E-state index in [0.717, 1.165) is 6.42 Å². The molecule has 1 unspecified atom stereocenters. The number of rotatable bonds is 6. The molecule has 0 aliphatic heterocycles. The molecule has 1 heterocycles. The highest BCUT2D eigenvalue weighted by molar-refractivity contribution is 7.15. The number of hydrogen-bond donors (Lipinski definition) is 0. The number of carbonyl (C=O) groups is 2. The van der Waals surface area contributed by atoms with Crippen LogP contribution in [0.4, 0.5) is 0 Å². The third-order valence-corrected chi connectivity index (χ3v) is 3.96. The minimum Gasteiger partial charge on any atom is -0.462 e. The molecule has 1 rings (SSSR count). The van der Waals surface area contributed by atoms with Crippen molar-refractivity contribution in [2.45, 2.75) is 47.5 Å². The maximum Gasteiger partial charge on any atom is 0.348 e. The van der Waals surface area contributed by atoms with E-state index in [2.05, 4.69) is 27.7 Å². The lowest BCUT2D eigenvalue weighted by Gasteiger charge is -2.22. The average molecular weight is 296 g/mol. The Morgan fingerprint density at radius 3 is 2.40 bits per heavy atom. The SMILES string of the molecule is CCOC(=O)c1ccc(C(=O)CC(C)CC(C)(C)C)s1. The van der Waals surface area contributed by atoms with Crippen LogP contribution in [-0.2, 0) is 4.74 Å². The van der Waals surface area contributed by atoms with Gasteiger partial charge in [0.25, 0.3) is 0 Å². The second-order valence-corrected chi connectivity index (χ2v) is 7.47. The summed E-state index contributed by atoms with van der Waals surface area (Å²) in [6.07, 6.45) is 1.54. The maximum absolute atomic E-state index is 12.2. The van der Waals surface area contributed by atoms with Crippen LogP contribution in [0, 0.1) is 11.3 Å². The summed E-state index contributed by atoms with van der Waals surface area (Å²) >= 11 is 1.22. The predicted octanol–water partition coefficient (Wildman–Crippen LogP) is 4.57. The van der Waals surface area contributed by atoms with Gasteiger partial charge in [-0.2, -0.15) is 0 Å². The van der Waals surface area contributed by atoms with Gasteiger partial charge in [0.2, 0.25) is 0 Å². The second-order valence-electron chi connectivity index (χ2n) is 6.38. The first-order valence-electron chi connectivity index (χ1n) is 7.03. The number of ketones is 1. The topological polar surface area (TPSA) is 43.4 Å². The Hall–Kier alpha value is -1.16. The summed E-state index contributed by atoms with van der Waals surface area (Å²) in [5.74, 6) is 0.109. The van der Waals surface area contributed by atoms with Crippen LogP contribution in [0.5, 0.6) is 0 Å². The fourth-order valence-electron chi connectivity index (χ4n) is 2.33. The first-order valence-corrected chi connectivity index (χ1v) is 7.84. The molecule has 0 saturated carbocycles. The number of carbonyl (C=O) groups excluding carboxylic acids is 2. The standard InChI is InChI=1S/C16H24O3S/c1-6-19-15(18)14-8-7-13(20-14)12(17)9-11(2)10-16(3,4)5/h7-8,11H,6,9-10H2,1-5H3. The summed E-state index contributed by atoms with van der Waals surface area (Å²) in [6, 6.07) is 3.40. The molecule has 0 bridgehead atoms. The van der Waals surface area contributed by atoms with Gasteiger partial charge in [-0.15, -0.1) is 11.3 Å². The highest BCUT2D eigenvalue weighted by Crippen LogP contribution is 2.28. The van der Waals surface area contributed by atoms with Gasteiger partial charge in [0.05, 0.1) is 11.5 Å². The van der Waals surface area contributed by atoms with Crippen molar-refractivity contribution in [1.82, 2.24) is 0 Å². The van der Waals surface area contributed by atoms with E-state index in [1.807, 2.05) is 0 Å². The van der Waals surface area contributed by atoms with E-state index in [0.29, 0.717) is 28.7 Å². The fraction of sp³-hybridized carbons (Fsp3) is 0.625. The van der Waals surface area contributed by atoms with E-state index >= 15 is 0 Å². The highest BCUT2D eigenvalue weighted by Gasteiger charge is 2.20. The van der Waals surface area contributed by atoms with E-state index in [4.69, 9.17) is 4.74 Å². The molecule has 20 heavy (non-hydrogen) atoms. The van der Waals surface area contributed by atoms with Gasteiger partial charge in [-0.05, 0) is 36.8 Å². The van der Waals surface area contributed by atoms with Crippen LogP contribution in [0.2, 0.25) is 0 Å². The van der Waals surface area contributed by atoms with E-state index < -0.39 is 0 Å². The van der Waals surface area contributed by atoms with Gasteiger partial charge in [0.15, 0.2) is 5.78 Å². The highest BCUT2D eigenvalue weighted by atomic mass is 32.1. The summed E-state index contributed by atoms with van der Waals surface area (Å²) in [6.45, 7) is 10.8. The van der Waals surface area contributed by atoms with E-state index in [1.54, 1.807) is 19.1 Å². The molecule has 0 aliphatic carbocycles. The number of esters is 1. The molecule has 0 spiro atoms. The molecule has 0 aromatic carbocycles. The molecule has 0 N–H and O–H groups in total. The largest absolute Gasteiger partial charge is 0.462 e. The van der Waals surface area contributed by atoms with Crippen LogP contribution in [0.25, 0.3) is 0 Å². The van der Waals surface area contributed by atoms with Crippen molar-refractivity contribution in [2.24, 2.45) is 11.3 Å². The zero-order valence-corrected chi connectivity index (χ0v) is 13.8. The van der Waals surface area contributed by atoms with Gasteiger partial charge in [0, 0.05) is 6.42 Å². The zero-order valence-electron chi connectivity index (χ0n) is 13.0. The molecule has 4 heteroatoms. The van der Waals surface area contributed by atoms with Crippen LogP contribution in [0.15, 0.2) is 12.1 Å². The lowest BCUT2D eigenvalue weighted by molar-refractivity contribution is 0.0532. The summed E-state index contributed by atoms with van der Waals surface area (Å²) in [4.78, 5) is 24.9. The summed E-state index contributed by atoms with van der Waals surface area (Å²) in [5, 5.41) is 0. The molecule has 1 aromatic rings. The number of thiophene rings is 1. The Morgan fingerprint density at radius 1 is 1.25 bits per heavy atom. The Bertz CT molecular complexity index is 468. The quantitative estimate of drug-likeness (QED) is 0.570. The Morgan fingerprint density at radius 2 is 1.85 bits per heavy atom. The van der Waals surface area contributed by atoms with Gasteiger partial charge in [0.1, 0.15) is 4.88 Å². The molecule has 0 fully saturated rings. The summed E-state index contributed by atoms with van der Waals surface area (Å²) in [7, 11) is 0. The van der Waals surface area contributed by atoms with Crippen molar-refractivity contribution in [1.29, 1.82) is 0 Å². The maximum atomic E-state index is 12.2. The van der Waals surface area contributed by atoms with Gasteiger partial charge < -0.3 is 4.74 Å². The minimum absolute atomic E-state index is 0.113. The first-order chi connectivity index (χ1) is 9.23. The minimum atomic E-state index is -0.348. The van der Waals surface area contributed by atoms with E-state index in [1.165, 1.54) is 11.3 Å². The molecule has 0 aliphatic rings. The van der Waals surface area contributed by atoms with Crippen LogP contribution >= 0.6 is 11.3 Å². The fourth-order valence-corrected chi connectivity index (χ4v) is 3.18. The smallest absolute Gasteiger partial charge is 0.348 e.